The predicted molar refractivity (Wildman–Crippen MR) is 69.4 cm³/mol. The monoisotopic (exact) mass is 264 g/mol. The number of carbonyl (C=O) groups is 1. The van der Waals surface area contributed by atoms with E-state index in [-0.39, 0.29) is 17.9 Å². The van der Waals surface area contributed by atoms with Crippen molar-refractivity contribution in [1.29, 1.82) is 0 Å². The maximum absolute atomic E-state index is 11.9. The molecule has 0 bridgehead atoms. The second-order valence-corrected chi connectivity index (χ2v) is 4.88. The minimum absolute atomic E-state index is 0.0146. The van der Waals surface area contributed by atoms with Gasteiger partial charge in [-0.2, -0.15) is 0 Å². The largest absolute Gasteiger partial charge is 0.328 e. The first-order valence-corrected chi connectivity index (χ1v) is 6.33. The van der Waals surface area contributed by atoms with E-state index < -0.39 is 11.2 Å². The van der Waals surface area contributed by atoms with E-state index in [1.807, 2.05) is 17.5 Å². The van der Waals surface area contributed by atoms with Crippen molar-refractivity contribution in [2.75, 3.05) is 0 Å². The van der Waals surface area contributed by atoms with Gasteiger partial charge in [-0.3, -0.25) is 14.2 Å². The van der Waals surface area contributed by atoms with Crippen LogP contribution in [0.2, 0.25) is 0 Å². The van der Waals surface area contributed by atoms with E-state index in [0.717, 1.165) is 9.44 Å². The van der Waals surface area contributed by atoms with Crippen molar-refractivity contribution in [3.05, 3.63) is 55.0 Å². The van der Waals surface area contributed by atoms with Gasteiger partial charge in [-0.15, -0.1) is 11.3 Å². The Morgan fingerprint density at radius 1 is 1.44 bits per heavy atom. The lowest BCUT2D eigenvalue weighted by Crippen LogP contribution is -2.38. The minimum Gasteiger partial charge on any atom is -0.313 e. The van der Waals surface area contributed by atoms with Crippen molar-refractivity contribution in [3.8, 4) is 0 Å². The van der Waals surface area contributed by atoms with Crippen molar-refractivity contribution < 1.29 is 4.79 Å². The fourth-order valence-electron chi connectivity index (χ4n) is 1.64. The molecule has 0 aliphatic rings. The fourth-order valence-corrected chi connectivity index (χ4v) is 2.34. The van der Waals surface area contributed by atoms with Crippen LogP contribution in [0.5, 0.6) is 0 Å². The number of Topliss-reactive ketones (excluding diaryl/α,β-unsaturated/α-hetero) is 1. The van der Waals surface area contributed by atoms with Gasteiger partial charge in [-0.1, -0.05) is 6.07 Å². The number of aromatic amines is 1. The number of hydrogen-bond acceptors (Lipinski definition) is 4. The van der Waals surface area contributed by atoms with E-state index in [4.69, 9.17) is 0 Å². The van der Waals surface area contributed by atoms with Crippen molar-refractivity contribution >= 4 is 17.1 Å². The molecule has 2 aromatic rings. The molecule has 94 valence electrons. The molecule has 0 radical (unpaired) electrons. The van der Waals surface area contributed by atoms with Crippen LogP contribution in [0.4, 0.5) is 0 Å². The van der Waals surface area contributed by atoms with Gasteiger partial charge in [-0.05, 0) is 24.8 Å². The third-order valence-corrected chi connectivity index (χ3v) is 3.54. The van der Waals surface area contributed by atoms with Crippen molar-refractivity contribution in [2.24, 2.45) is 0 Å². The van der Waals surface area contributed by atoms with Crippen LogP contribution < -0.4 is 11.2 Å². The number of aromatic nitrogens is 2. The standard InChI is InChI=1S/C12H12N2O3S/c1-8(15)10-7-13-12(17)14(11(10)16)5-4-9-3-2-6-18-9/h2-3,6-7H,4-5H2,1H3,(H,13,17). The first-order valence-electron chi connectivity index (χ1n) is 5.45. The van der Waals surface area contributed by atoms with Crippen LogP contribution in [0.1, 0.15) is 22.2 Å². The first kappa shape index (κ1) is 12.5. The molecule has 0 fully saturated rings. The van der Waals surface area contributed by atoms with Gasteiger partial charge in [0.25, 0.3) is 5.56 Å². The number of hydrogen-bond donors (Lipinski definition) is 1. The molecular formula is C12H12N2O3S. The fraction of sp³-hybridized carbons (Fsp3) is 0.250. The Balaban J connectivity index is 2.32. The molecular weight excluding hydrogens is 252 g/mol. The quantitative estimate of drug-likeness (QED) is 0.839. The van der Waals surface area contributed by atoms with Gasteiger partial charge in [0.1, 0.15) is 0 Å². The highest BCUT2D eigenvalue weighted by atomic mass is 32.1. The van der Waals surface area contributed by atoms with E-state index in [1.165, 1.54) is 13.1 Å². The van der Waals surface area contributed by atoms with Crippen LogP contribution in [0.3, 0.4) is 0 Å². The summed E-state index contributed by atoms with van der Waals surface area (Å²) in [6.07, 6.45) is 1.77. The van der Waals surface area contributed by atoms with E-state index in [1.54, 1.807) is 11.3 Å². The van der Waals surface area contributed by atoms with Gasteiger partial charge in [0.2, 0.25) is 0 Å². The summed E-state index contributed by atoms with van der Waals surface area (Å²) in [7, 11) is 0. The molecule has 5 nitrogen and oxygen atoms in total. The Hall–Kier alpha value is -1.95. The van der Waals surface area contributed by atoms with E-state index in [9.17, 15) is 14.4 Å². The number of carbonyl (C=O) groups excluding carboxylic acids is 1. The van der Waals surface area contributed by atoms with Gasteiger partial charge in [0.05, 0.1) is 5.56 Å². The topological polar surface area (TPSA) is 71.9 Å². The minimum atomic E-state index is -0.525. The summed E-state index contributed by atoms with van der Waals surface area (Å²) >= 11 is 1.57. The molecule has 0 amide bonds. The average Bonchev–Trinajstić information content (AvgIpc) is 2.81. The molecule has 0 unspecified atom stereocenters. The smallest absolute Gasteiger partial charge is 0.313 e. The Bertz CT molecular complexity index is 667. The molecule has 0 atom stereocenters. The Labute approximate surface area is 107 Å². The van der Waals surface area contributed by atoms with Gasteiger partial charge in [0.15, 0.2) is 5.78 Å². The van der Waals surface area contributed by atoms with E-state index >= 15 is 0 Å². The summed E-state index contributed by atoms with van der Waals surface area (Å²) in [5.41, 5.74) is -0.995. The molecule has 0 aromatic carbocycles. The number of aryl methyl sites for hydroxylation is 1. The lowest BCUT2D eigenvalue weighted by molar-refractivity contribution is 0.101. The number of nitrogens with one attached hydrogen (secondary N) is 1. The summed E-state index contributed by atoms with van der Waals surface area (Å²) in [5, 5.41) is 1.94. The predicted octanol–water partition coefficient (Wildman–Crippen LogP) is 1.04. The summed E-state index contributed by atoms with van der Waals surface area (Å²) in [5.74, 6) is -0.346. The zero-order valence-electron chi connectivity index (χ0n) is 9.80. The van der Waals surface area contributed by atoms with Gasteiger partial charge in [0, 0.05) is 17.6 Å². The molecule has 2 heterocycles. The summed E-state index contributed by atoms with van der Waals surface area (Å²) in [4.78, 5) is 38.2. The van der Waals surface area contributed by atoms with Crippen LogP contribution in [0, 0.1) is 0 Å². The second-order valence-electron chi connectivity index (χ2n) is 3.85. The molecule has 6 heteroatoms. The molecule has 0 aliphatic heterocycles. The maximum atomic E-state index is 11.9. The van der Waals surface area contributed by atoms with Crippen LogP contribution in [-0.4, -0.2) is 15.3 Å². The Morgan fingerprint density at radius 3 is 2.83 bits per heavy atom. The van der Waals surface area contributed by atoms with Crippen molar-refractivity contribution in [3.63, 3.8) is 0 Å². The van der Waals surface area contributed by atoms with Gasteiger partial charge >= 0.3 is 5.69 Å². The molecule has 1 N–H and O–H groups in total. The summed E-state index contributed by atoms with van der Waals surface area (Å²) < 4.78 is 1.07. The molecule has 0 saturated heterocycles. The van der Waals surface area contributed by atoms with Crippen LogP contribution in [-0.2, 0) is 13.0 Å². The lowest BCUT2D eigenvalue weighted by Gasteiger charge is -2.04. The maximum Gasteiger partial charge on any atom is 0.328 e. The molecule has 0 spiro atoms. The molecule has 0 saturated carbocycles. The third kappa shape index (κ3) is 2.48. The highest BCUT2D eigenvalue weighted by molar-refractivity contribution is 7.09. The summed E-state index contributed by atoms with van der Waals surface area (Å²) in [6.45, 7) is 1.58. The van der Waals surface area contributed by atoms with Crippen LogP contribution >= 0.6 is 11.3 Å². The van der Waals surface area contributed by atoms with Gasteiger partial charge in [-0.25, -0.2) is 4.79 Å². The number of thiophene rings is 1. The van der Waals surface area contributed by atoms with E-state index in [2.05, 4.69) is 4.98 Å². The van der Waals surface area contributed by atoms with E-state index in [0.29, 0.717) is 6.42 Å². The average molecular weight is 264 g/mol. The first-order chi connectivity index (χ1) is 8.59. The SMILES string of the molecule is CC(=O)c1c[nH]c(=O)n(CCc2cccs2)c1=O. The third-order valence-electron chi connectivity index (χ3n) is 2.60. The zero-order chi connectivity index (χ0) is 13.1. The highest BCUT2D eigenvalue weighted by Crippen LogP contribution is 2.09. The Kier molecular flexibility index (Phi) is 3.57. The molecule has 18 heavy (non-hydrogen) atoms. The number of ketones is 1. The molecule has 2 rings (SSSR count). The number of nitrogens with zero attached hydrogens (tertiary/aromatic N) is 1. The Morgan fingerprint density at radius 2 is 2.22 bits per heavy atom. The number of H-pyrrole nitrogens is 1. The molecule has 0 aliphatic carbocycles. The second kappa shape index (κ2) is 5.14. The van der Waals surface area contributed by atoms with Crippen molar-refractivity contribution in [1.82, 2.24) is 9.55 Å². The van der Waals surface area contributed by atoms with Gasteiger partial charge < -0.3 is 4.98 Å². The van der Waals surface area contributed by atoms with Crippen LogP contribution in [0.25, 0.3) is 0 Å². The zero-order valence-corrected chi connectivity index (χ0v) is 10.6. The normalized spacial score (nSPS) is 10.5. The number of rotatable bonds is 4. The summed E-state index contributed by atoms with van der Waals surface area (Å²) in [6, 6.07) is 3.86. The highest BCUT2D eigenvalue weighted by Gasteiger charge is 2.10. The lowest BCUT2D eigenvalue weighted by atomic mass is 10.2. The molecule has 2 aromatic heterocycles. The van der Waals surface area contributed by atoms with Crippen molar-refractivity contribution in [2.45, 2.75) is 19.9 Å². The van der Waals surface area contributed by atoms with Crippen LogP contribution in [0.15, 0.2) is 33.3 Å².